The molecule has 0 fully saturated rings. The number of aliphatic hydroxyl groups is 1. The summed E-state index contributed by atoms with van der Waals surface area (Å²) in [6.45, 7) is -0.288. The zero-order valence-electron chi connectivity index (χ0n) is 7.24. The summed E-state index contributed by atoms with van der Waals surface area (Å²) in [5.41, 5.74) is 0.568. The molecule has 0 saturated heterocycles. The molecule has 0 saturated carbocycles. The third-order valence-corrected chi connectivity index (χ3v) is 2.35. The number of aromatic nitrogens is 2. The number of carbonyl (C=O) groups excluding carboxylic acids is 1. The van der Waals surface area contributed by atoms with Crippen LogP contribution < -0.4 is 0 Å². The Labute approximate surface area is 83.5 Å². The SMILES string of the molecule is COC(=O)c1c(CO)nc(Br)n1C. The number of hydrogen-bond donors (Lipinski definition) is 1. The van der Waals surface area contributed by atoms with Crippen molar-refractivity contribution >= 4 is 21.9 Å². The summed E-state index contributed by atoms with van der Waals surface area (Å²) in [5, 5.41) is 8.90. The smallest absolute Gasteiger partial charge is 0.356 e. The molecule has 0 amide bonds. The van der Waals surface area contributed by atoms with Crippen LogP contribution in [-0.2, 0) is 18.4 Å². The van der Waals surface area contributed by atoms with Gasteiger partial charge >= 0.3 is 5.97 Å². The molecule has 1 aromatic rings. The normalized spacial score (nSPS) is 10.2. The van der Waals surface area contributed by atoms with Crippen LogP contribution in [0.1, 0.15) is 16.2 Å². The molecule has 1 N–H and O–H groups in total. The van der Waals surface area contributed by atoms with E-state index in [-0.39, 0.29) is 12.3 Å². The fourth-order valence-corrected chi connectivity index (χ4v) is 1.38. The van der Waals surface area contributed by atoms with Crippen LogP contribution >= 0.6 is 15.9 Å². The largest absolute Gasteiger partial charge is 0.464 e. The van der Waals surface area contributed by atoms with Gasteiger partial charge in [0.2, 0.25) is 0 Å². The van der Waals surface area contributed by atoms with Crippen LogP contribution in [-0.4, -0.2) is 27.7 Å². The molecule has 5 nitrogen and oxygen atoms in total. The van der Waals surface area contributed by atoms with Gasteiger partial charge in [0.1, 0.15) is 0 Å². The molecule has 0 aromatic carbocycles. The molecule has 1 aromatic heterocycles. The molecule has 72 valence electrons. The summed E-state index contributed by atoms with van der Waals surface area (Å²) in [7, 11) is 2.94. The summed E-state index contributed by atoms with van der Waals surface area (Å²) >= 11 is 3.14. The molecule has 0 spiro atoms. The molecule has 0 radical (unpaired) electrons. The molecular weight excluding hydrogens is 240 g/mol. The Morgan fingerprint density at radius 1 is 1.77 bits per heavy atom. The first-order valence-corrected chi connectivity index (χ1v) is 4.31. The predicted molar refractivity (Wildman–Crippen MR) is 48.2 cm³/mol. The fourth-order valence-electron chi connectivity index (χ4n) is 0.987. The van der Waals surface area contributed by atoms with Crippen molar-refractivity contribution in [3.05, 3.63) is 16.1 Å². The van der Waals surface area contributed by atoms with Gasteiger partial charge in [-0.25, -0.2) is 9.78 Å². The van der Waals surface area contributed by atoms with Gasteiger partial charge in [0.25, 0.3) is 0 Å². The number of carbonyl (C=O) groups is 1. The van der Waals surface area contributed by atoms with Gasteiger partial charge in [-0.15, -0.1) is 0 Å². The lowest BCUT2D eigenvalue weighted by Gasteiger charge is -2.01. The number of esters is 1. The standard InChI is InChI=1S/C7H9BrN2O3/c1-10-5(6(12)13-2)4(3-11)9-7(10)8/h11H,3H2,1-2H3. The predicted octanol–water partition coefficient (Wildman–Crippen LogP) is 0.461. The van der Waals surface area contributed by atoms with Crippen LogP contribution in [0.2, 0.25) is 0 Å². The van der Waals surface area contributed by atoms with Crippen molar-refractivity contribution in [2.45, 2.75) is 6.61 Å². The molecule has 0 unspecified atom stereocenters. The molecule has 0 aliphatic rings. The highest BCUT2D eigenvalue weighted by molar-refractivity contribution is 9.10. The first-order valence-electron chi connectivity index (χ1n) is 3.52. The molecule has 0 bridgehead atoms. The van der Waals surface area contributed by atoms with Gasteiger partial charge < -0.3 is 14.4 Å². The van der Waals surface area contributed by atoms with Crippen molar-refractivity contribution in [2.75, 3.05) is 7.11 Å². The molecule has 6 heteroatoms. The highest BCUT2D eigenvalue weighted by Crippen LogP contribution is 2.15. The number of ether oxygens (including phenoxy) is 1. The van der Waals surface area contributed by atoms with Crippen molar-refractivity contribution in [2.24, 2.45) is 7.05 Å². The maximum atomic E-state index is 11.2. The lowest BCUT2D eigenvalue weighted by Crippen LogP contribution is -2.10. The molecule has 13 heavy (non-hydrogen) atoms. The van der Waals surface area contributed by atoms with Gasteiger partial charge in [0.05, 0.1) is 19.4 Å². The van der Waals surface area contributed by atoms with E-state index >= 15 is 0 Å². The van der Waals surface area contributed by atoms with Crippen molar-refractivity contribution in [1.29, 1.82) is 0 Å². The van der Waals surface area contributed by atoms with E-state index in [0.29, 0.717) is 10.4 Å². The van der Waals surface area contributed by atoms with E-state index in [9.17, 15) is 4.79 Å². The third kappa shape index (κ3) is 1.73. The second kappa shape index (κ2) is 3.89. The average molecular weight is 249 g/mol. The van der Waals surface area contributed by atoms with E-state index in [1.165, 1.54) is 11.7 Å². The Morgan fingerprint density at radius 2 is 2.38 bits per heavy atom. The summed E-state index contributed by atoms with van der Waals surface area (Å²) in [6, 6.07) is 0. The maximum Gasteiger partial charge on any atom is 0.356 e. The van der Waals surface area contributed by atoms with Crippen molar-refractivity contribution in [1.82, 2.24) is 9.55 Å². The molecule has 0 atom stereocenters. The second-order valence-electron chi connectivity index (χ2n) is 2.38. The van der Waals surface area contributed by atoms with Crippen molar-refractivity contribution < 1.29 is 14.6 Å². The van der Waals surface area contributed by atoms with Crippen LogP contribution in [0.3, 0.4) is 0 Å². The Kier molecular flexibility index (Phi) is 3.05. The van der Waals surface area contributed by atoms with Crippen LogP contribution in [0, 0.1) is 0 Å². The highest BCUT2D eigenvalue weighted by Gasteiger charge is 2.19. The molecule has 0 aliphatic carbocycles. The Balaban J connectivity index is 3.23. The van der Waals surface area contributed by atoms with Crippen LogP contribution in [0.15, 0.2) is 4.73 Å². The first kappa shape index (κ1) is 10.2. The van der Waals surface area contributed by atoms with Gasteiger partial charge in [-0.3, -0.25) is 0 Å². The minimum absolute atomic E-state index is 0.261. The van der Waals surface area contributed by atoms with Crippen LogP contribution in [0.25, 0.3) is 0 Å². The topological polar surface area (TPSA) is 64.3 Å². The first-order chi connectivity index (χ1) is 6.11. The van der Waals surface area contributed by atoms with E-state index in [1.807, 2.05) is 0 Å². The third-order valence-electron chi connectivity index (χ3n) is 1.64. The quantitative estimate of drug-likeness (QED) is 0.773. The molecule has 1 heterocycles. The number of aliphatic hydroxyl groups excluding tert-OH is 1. The van der Waals surface area contributed by atoms with Crippen LogP contribution in [0.4, 0.5) is 0 Å². The van der Waals surface area contributed by atoms with Crippen LogP contribution in [0.5, 0.6) is 0 Å². The zero-order valence-corrected chi connectivity index (χ0v) is 8.83. The molecule has 1 rings (SSSR count). The average Bonchev–Trinajstić information content (AvgIpc) is 2.42. The number of halogens is 1. The minimum atomic E-state index is -0.509. The maximum absolute atomic E-state index is 11.2. The van der Waals surface area contributed by atoms with Gasteiger partial charge in [-0.1, -0.05) is 0 Å². The van der Waals surface area contributed by atoms with Gasteiger partial charge in [-0.05, 0) is 15.9 Å². The summed E-state index contributed by atoms with van der Waals surface area (Å²) in [6.07, 6.45) is 0. The van der Waals surface area contributed by atoms with Crippen molar-refractivity contribution in [3.8, 4) is 0 Å². The van der Waals surface area contributed by atoms with E-state index in [0.717, 1.165) is 0 Å². The van der Waals surface area contributed by atoms with E-state index < -0.39 is 5.97 Å². The lowest BCUT2D eigenvalue weighted by atomic mass is 10.3. The Bertz CT molecular complexity index is 335. The number of rotatable bonds is 2. The van der Waals surface area contributed by atoms with E-state index in [4.69, 9.17) is 5.11 Å². The van der Waals surface area contributed by atoms with Gasteiger partial charge in [0, 0.05) is 7.05 Å². The number of methoxy groups -OCH3 is 1. The summed E-state index contributed by atoms with van der Waals surface area (Å²) in [5.74, 6) is -0.509. The molecular formula is C7H9BrN2O3. The minimum Gasteiger partial charge on any atom is -0.464 e. The Morgan fingerprint density at radius 3 is 2.85 bits per heavy atom. The number of hydrogen-bond acceptors (Lipinski definition) is 4. The highest BCUT2D eigenvalue weighted by atomic mass is 79.9. The zero-order chi connectivity index (χ0) is 10.0. The van der Waals surface area contributed by atoms with E-state index in [1.54, 1.807) is 7.05 Å². The van der Waals surface area contributed by atoms with E-state index in [2.05, 4.69) is 25.7 Å². The number of nitrogens with zero attached hydrogens (tertiary/aromatic N) is 2. The number of imidazole rings is 1. The van der Waals surface area contributed by atoms with Crippen molar-refractivity contribution in [3.63, 3.8) is 0 Å². The molecule has 0 aliphatic heterocycles. The van der Waals surface area contributed by atoms with Gasteiger partial charge in [0.15, 0.2) is 10.4 Å². The Hall–Kier alpha value is -0.880. The second-order valence-corrected chi connectivity index (χ2v) is 3.09. The lowest BCUT2D eigenvalue weighted by molar-refractivity contribution is 0.0585. The monoisotopic (exact) mass is 248 g/mol. The summed E-state index contributed by atoms with van der Waals surface area (Å²) < 4.78 is 6.54. The summed E-state index contributed by atoms with van der Waals surface area (Å²) in [4.78, 5) is 15.1. The van der Waals surface area contributed by atoms with Gasteiger partial charge in [-0.2, -0.15) is 0 Å². The fraction of sp³-hybridized carbons (Fsp3) is 0.429.